The van der Waals surface area contributed by atoms with Crippen LogP contribution in [0.25, 0.3) is 0 Å². The number of ether oxygens (including phenoxy) is 2. The molecule has 160 valence electrons. The fraction of sp³-hybridized carbons (Fsp3) is 0.167. The Bertz CT molecular complexity index is 1070. The van der Waals surface area contributed by atoms with Crippen LogP contribution in [0.2, 0.25) is 0 Å². The summed E-state index contributed by atoms with van der Waals surface area (Å²) in [7, 11) is 0.217. The Morgan fingerprint density at radius 1 is 0.935 bits per heavy atom. The first kappa shape index (κ1) is 22.2. The first-order valence-corrected chi connectivity index (χ1v) is 11.0. The summed E-state index contributed by atoms with van der Waals surface area (Å²) in [6.07, 6.45) is -1.18. The van der Waals surface area contributed by atoms with Gasteiger partial charge in [0, 0.05) is 17.0 Å². The number of nitrogens with one attached hydrogen (secondary N) is 1. The molecule has 0 aliphatic rings. The Morgan fingerprint density at radius 3 is 2.23 bits per heavy atom. The summed E-state index contributed by atoms with van der Waals surface area (Å²) in [4.78, 5) is 26.4. The minimum Gasteiger partial charge on any atom is -0.497 e. The summed E-state index contributed by atoms with van der Waals surface area (Å²) < 4.78 is 23.1. The lowest BCUT2D eigenvalue weighted by Gasteiger charge is -2.19. The predicted molar refractivity (Wildman–Crippen MR) is 120 cm³/mol. The van der Waals surface area contributed by atoms with Crippen molar-refractivity contribution in [1.82, 2.24) is 0 Å². The third-order valence-electron chi connectivity index (χ3n) is 4.54. The average Bonchev–Trinajstić information content (AvgIpc) is 2.82. The van der Waals surface area contributed by atoms with Gasteiger partial charge in [-0.2, -0.15) is 0 Å². The van der Waals surface area contributed by atoms with E-state index in [2.05, 4.69) is 5.32 Å². The van der Waals surface area contributed by atoms with Gasteiger partial charge >= 0.3 is 5.97 Å². The summed E-state index contributed by atoms with van der Waals surface area (Å²) in [5.74, 6) is -0.191. The van der Waals surface area contributed by atoms with Crippen molar-refractivity contribution >= 4 is 28.4 Å². The van der Waals surface area contributed by atoms with Crippen molar-refractivity contribution in [3.63, 3.8) is 0 Å². The average molecular weight is 438 g/mol. The zero-order valence-electron chi connectivity index (χ0n) is 17.2. The van der Waals surface area contributed by atoms with E-state index in [9.17, 15) is 13.8 Å². The maximum atomic E-state index is 13.0. The molecule has 3 aromatic rings. The van der Waals surface area contributed by atoms with Crippen LogP contribution in [0.1, 0.15) is 28.9 Å². The monoisotopic (exact) mass is 437 g/mol. The topological polar surface area (TPSA) is 81.7 Å². The molecule has 7 heteroatoms. The zero-order chi connectivity index (χ0) is 22.2. The minimum atomic E-state index is -1.34. The van der Waals surface area contributed by atoms with Gasteiger partial charge in [0.15, 0.2) is 0 Å². The molecule has 0 saturated heterocycles. The first-order chi connectivity index (χ1) is 15.0. The molecule has 0 aliphatic heterocycles. The lowest BCUT2D eigenvalue weighted by atomic mass is 10.1. The highest BCUT2D eigenvalue weighted by Crippen LogP contribution is 2.24. The second-order valence-electron chi connectivity index (χ2n) is 6.54. The molecule has 0 heterocycles. The van der Waals surface area contributed by atoms with Crippen molar-refractivity contribution in [3.05, 3.63) is 90.0 Å². The highest BCUT2D eigenvalue weighted by molar-refractivity contribution is 7.85. The number of carbonyl (C=O) groups excluding carboxylic acids is 2. The van der Waals surface area contributed by atoms with Gasteiger partial charge in [-0.05, 0) is 36.4 Å². The minimum absolute atomic E-state index is 0.181. The van der Waals surface area contributed by atoms with Gasteiger partial charge in [0.25, 0.3) is 5.91 Å². The molecular weight excluding hydrogens is 414 g/mol. The number of hydrogen-bond acceptors (Lipinski definition) is 5. The van der Waals surface area contributed by atoms with E-state index in [0.29, 0.717) is 27.6 Å². The molecule has 3 rings (SSSR count). The van der Waals surface area contributed by atoms with Crippen LogP contribution in [0, 0.1) is 0 Å². The standard InChI is InChI=1S/C24H23NO5S/c1-3-31(28)21-12-8-7-11-20(21)24(27)30-22(17-9-5-4-6-10-17)23(26)25-18-13-15-19(29-2)16-14-18/h4-16,22H,3H2,1-2H3,(H,25,26)/t22?,31-/m0/s1. The number of methoxy groups -OCH3 is 1. The van der Waals surface area contributed by atoms with E-state index >= 15 is 0 Å². The molecule has 0 spiro atoms. The molecule has 0 radical (unpaired) electrons. The molecule has 0 saturated carbocycles. The number of anilines is 1. The lowest BCUT2D eigenvalue weighted by Crippen LogP contribution is -2.26. The van der Waals surface area contributed by atoms with Crippen molar-refractivity contribution in [1.29, 1.82) is 0 Å². The predicted octanol–water partition coefficient (Wildman–Crippen LogP) is 4.36. The quantitative estimate of drug-likeness (QED) is 0.530. The highest BCUT2D eigenvalue weighted by Gasteiger charge is 2.27. The molecule has 6 nitrogen and oxygen atoms in total. The zero-order valence-corrected chi connectivity index (χ0v) is 18.1. The lowest BCUT2D eigenvalue weighted by molar-refractivity contribution is -0.125. The summed E-state index contributed by atoms with van der Waals surface area (Å²) in [5.41, 5.74) is 1.24. The molecule has 0 aliphatic carbocycles. The Morgan fingerprint density at radius 2 is 1.58 bits per heavy atom. The maximum Gasteiger partial charge on any atom is 0.340 e. The molecule has 1 amide bonds. The van der Waals surface area contributed by atoms with Crippen LogP contribution in [0.4, 0.5) is 5.69 Å². The number of esters is 1. The number of benzene rings is 3. The van der Waals surface area contributed by atoms with Gasteiger partial charge in [-0.1, -0.05) is 49.4 Å². The van der Waals surface area contributed by atoms with Crippen LogP contribution < -0.4 is 10.1 Å². The van der Waals surface area contributed by atoms with Gasteiger partial charge in [-0.25, -0.2) is 4.79 Å². The van der Waals surface area contributed by atoms with E-state index in [1.165, 1.54) is 0 Å². The fourth-order valence-electron chi connectivity index (χ4n) is 2.94. The molecule has 0 bridgehead atoms. The van der Waals surface area contributed by atoms with E-state index in [1.54, 1.807) is 86.8 Å². The van der Waals surface area contributed by atoms with Crippen molar-refractivity contribution in [2.45, 2.75) is 17.9 Å². The molecule has 0 aromatic heterocycles. The van der Waals surface area contributed by atoms with Crippen LogP contribution in [-0.2, 0) is 20.3 Å². The van der Waals surface area contributed by atoms with Crippen LogP contribution in [0.5, 0.6) is 5.75 Å². The number of carbonyl (C=O) groups is 2. The highest BCUT2D eigenvalue weighted by atomic mass is 32.2. The second-order valence-corrected chi connectivity index (χ2v) is 8.25. The van der Waals surface area contributed by atoms with Crippen LogP contribution in [0.3, 0.4) is 0 Å². The van der Waals surface area contributed by atoms with E-state index in [1.807, 2.05) is 6.07 Å². The van der Waals surface area contributed by atoms with Crippen molar-refractivity contribution < 1.29 is 23.3 Å². The SMILES string of the molecule is CC[S@](=O)c1ccccc1C(=O)OC(C(=O)Nc1ccc(OC)cc1)c1ccccc1. The van der Waals surface area contributed by atoms with Gasteiger partial charge < -0.3 is 14.8 Å². The molecule has 2 atom stereocenters. The van der Waals surface area contributed by atoms with Crippen LogP contribution in [-0.4, -0.2) is 28.9 Å². The van der Waals surface area contributed by atoms with E-state index in [-0.39, 0.29) is 5.56 Å². The Hall–Kier alpha value is -3.45. The molecule has 0 fully saturated rings. The molecule has 1 unspecified atom stereocenters. The maximum absolute atomic E-state index is 13.0. The van der Waals surface area contributed by atoms with E-state index < -0.39 is 28.8 Å². The van der Waals surface area contributed by atoms with Gasteiger partial charge in [-0.15, -0.1) is 0 Å². The number of hydrogen-bond donors (Lipinski definition) is 1. The van der Waals surface area contributed by atoms with Gasteiger partial charge in [0.1, 0.15) is 5.75 Å². The van der Waals surface area contributed by atoms with E-state index in [4.69, 9.17) is 9.47 Å². The summed E-state index contributed by atoms with van der Waals surface area (Å²) >= 11 is 0. The van der Waals surface area contributed by atoms with Crippen LogP contribution in [0.15, 0.2) is 83.8 Å². The van der Waals surface area contributed by atoms with E-state index in [0.717, 1.165) is 0 Å². The number of rotatable bonds is 8. The summed E-state index contributed by atoms with van der Waals surface area (Å²) in [6, 6.07) is 22.1. The Kier molecular flexibility index (Phi) is 7.56. The molecule has 1 N–H and O–H groups in total. The smallest absolute Gasteiger partial charge is 0.340 e. The number of amides is 1. The fourth-order valence-corrected chi connectivity index (χ4v) is 3.88. The third kappa shape index (κ3) is 5.58. The largest absolute Gasteiger partial charge is 0.497 e. The first-order valence-electron chi connectivity index (χ1n) is 9.71. The molecular formula is C24H23NO5S. The third-order valence-corrected chi connectivity index (χ3v) is 5.91. The molecule has 31 heavy (non-hydrogen) atoms. The second kappa shape index (κ2) is 10.5. The van der Waals surface area contributed by atoms with Crippen molar-refractivity contribution in [3.8, 4) is 5.75 Å². The summed E-state index contributed by atoms with van der Waals surface area (Å²) in [5, 5.41) is 2.77. The van der Waals surface area contributed by atoms with Gasteiger partial charge in [0.05, 0.1) is 28.4 Å². The summed E-state index contributed by atoms with van der Waals surface area (Å²) in [6.45, 7) is 1.77. The van der Waals surface area contributed by atoms with Gasteiger partial charge in [-0.3, -0.25) is 9.00 Å². The van der Waals surface area contributed by atoms with Crippen molar-refractivity contribution in [2.24, 2.45) is 0 Å². The van der Waals surface area contributed by atoms with Crippen LogP contribution >= 0.6 is 0 Å². The Balaban J connectivity index is 1.87. The Labute approximate surface area is 183 Å². The van der Waals surface area contributed by atoms with Gasteiger partial charge in [0.2, 0.25) is 6.10 Å². The normalized spacial score (nSPS) is 12.5. The molecule has 3 aromatic carbocycles. The van der Waals surface area contributed by atoms with Crippen molar-refractivity contribution in [2.75, 3.05) is 18.2 Å².